The van der Waals surface area contributed by atoms with Crippen LogP contribution in [0.5, 0.6) is 0 Å². The number of nitrogens with zero attached hydrogens (tertiary/aromatic N) is 4. The summed E-state index contributed by atoms with van der Waals surface area (Å²) < 4.78 is 2.18. The highest BCUT2D eigenvalue weighted by Gasteiger charge is 2.15. The number of para-hydroxylation sites is 1. The average Bonchev–Trinajstić information content (AvgIpc) is 3.21. The number of carbonyl (C=O) groups excluding carboxylic acids is 1. The predicted molar refractivity (Wildman–Crippen MR) is 125 cm³/mol. The minimum absolute atomic E-state index is 0.399. The van der Waals surface area contributed by atoms with E-state index in [1.165, 1.54) is 0 Å². The Bertz CT molecular complexity index is 1320. The van der Waals surface area contributed by atoms with Crippen molar-refractivity contribution in [2.24, 2.45) is 5.73 Å². The molecule has 156 valence electrons. The Hall–Kier alpha value is -3.87. The molecule has 0 unspecified atom stereocenters. The summed E-state index contributed by atoms with van der Waals surface area (Å²) in [6.07, 6.45) is 8.08. The van der Waals surface area contributed by atoms with Crippen molar-refractivity contribution >= 4 is 45.4 Å². The SMILES string of the molecule is NC(=O)c1ccc2c(c1)C=CCN2CCCCn1cnc2c(N)nc3ccccc3c21. The lowest BCUT2D eigenvalue weighted by atomic mass is 10.0. The van der Waals surface area contributed by atoms with Crippen molar-refractivity contribution in [2.75, 3.05) is 23.7 Å². The number of hydrogen-bond donors (Lipinski definition) is 2. The van der Waals surface area contributed by atoms with Gasteiger partial charge in [-0.2, -0.15) is 0 Å². The van der Waals surface area contributed by atoms with Gasteiger partial charge < -0.3 is 20.9 Å². The van der Waals surface area contributed by atoms with Gasteiger partial charge in [0.25, 0.3) is 0 Å². The molecule has 1 aliphatic heterocycles. The first-order valence-electron chi connectivity index (χ1n) is 10.5. The van der Waals surface area contributed by atoms with Gasteiger partial charge in [-0.1, -0.05) is 30.4 Å². The Kier molecular flexibility index (Phi) is 4.78. The number of nitrogen functional groups attached to an aromatic ring is 1. The van der Waals surface area contributed by atoms with E-state index in [4.69, 9.17) is 11.5 Å². The van der Waals surface area contributed by atoms with Crippen LogP contribution in [0.2, 0.25) is 0 Å². The number of benzene rings is 2. The Morgan fingerprint density at radius 3 is 2.81 bits per heavy atom. The maximum atomic E-state index is 11.5. The number of rotatable bonds is 6. The Morgan fingerprint density at radius 2 is 1.94 bits per heavy atom. The van der Waals surface area contributed by atoms with Gasteiger partial charge in [-0.3, -0.25) is 4.79 Å². The maximum absolute atomic E-state index is 11.5. The fourth-order valence-electron chi connectivity index (χ4n) is 4.31. The minimum Gasteiger partial charge on any atom is -0.382 e. The Balaban J connectivity index is 1.29. The lowest BCUT2D eigenvalue weighted by Crippen LogP contribution is -2.27. The van der Waals surface area contributed by atoms with E-state index in [-0.39, 0.29) is 0 Å². The lowest BCUT2D eigenvalue weighted by Gasteiger charge is -2.28. The molecule has 0 bridgehead atoms. The van der Waals surface area contributed by atoms with Gasteiger partial charge in [0.15, 0.2) is 5.82 Å². The van der Waals surface area contributed by atoms with Gasteiger partial charge in [-0.15, -0.1) is 0 Å². The Morgan fingerprint density at radius 1 is 1.10 bits per heavy atom. The van der Waals surface area contributed by atoms with Crippen LogP contribution < -0.4 is 16.4 Å². The molecule has 2 aromatic heterocycles. The molecule has 4 aromatic rings. The molecule has 7 nitrogen and oxygen atoms in total. The normalized spacial score (nSPS) is 13.1. The van der Waals surface area contributed by atoms with Crippen molar-refractivity contribution in [1.29, 1.82) is 0 Å². The lowest BCUT2D eigenvalue weighted by molar-refractivity contribution is 0.100. The predicted octanol–water partition coefficient (Wildman–Crippen LogP) is 3.58. The van der Waals surface area contributed by atoms with E-state index >= 15 is 0 Å². The highest BCUT2D eigenvalue weighted by molar-refractivity contribution is 6.06. The van der Waals surface area contributed by atoms with Gasteiger partial charge in [0.1, 0.15) is 5.52 Å². The number of amides is 1. The van der Waals surface area contributed by atoms with Crippen LogP contribution in [-0.4, -0.2) is 33.5 Å². The first kappa shape index (κ1) is 19.1. The van der Waals surface area contributed by atoms with Crippen LogP contribution in [0.15, 0.2) is 54.9 Å². The fraction of sp³-hybridized carbons (Fsp3) is 0.208. The summed E-state index contributed by atoms with van der Waals surface area (Å²) in [5.74, 6) is 0.0729. The number of carbonyl (C=O) groups is 1. The molecule has 5 rings (SSSR count). The molecular formula is C24H24N6O. The molecule has 0 aliphatic carbocycles. The molecule has 31 heavy (non-hydrogen) atoms. The first-order valence-corrected chi connectivity index (χ1v) is 10.5. The number of pyridine rings is 1. The van der Waals surface area contributed by atoms with Gasteiger partial charge in [-0.05, 0) is 42.7 Å². The Labute approximate surface area is 180 Å². The molecule has 0 fully saturated rings. The van der Waals surface area contributed by atoms with E-state index in [1.807, 2.05) is 36.7 Å². The number of fused-ring (bicyclic) bond motifs is 4. The summed E-state index contributed by atoms with van der Waals surface area (Å²) in [6.45, 7) is 2.66. The quantitative estimate of drug-likeness (QED) is 0.471. The summed E-state index contributed by atoms with van der Waals surface area (Å²) in [6, 6.07) is 13.7. The van der Waals surface area contributed by atoms with Crippen molar-refractivity contribution in [3.05, 3.63) is 66.0 Å². The monoisotopic (exact) mass is 412 g/mol. The van der Waals surface area contributed by atoms with Crippen LogP contribution in [0.4, 0.5) is 11.5 Å². The largest absolute Gasteiger partial charge is 0.382 e. The van der Waals surface area contributed by atoms with Gasteiger partial charge in [0.2, 0.25) is 5.91 Å². The molecular weight excluding hydrogens is 388 g/mol. The minimum atomic E-state index is -0.399. The number of aryl methyl sites for hydroxylation is 1. The number of hydrogen-bond acceptors (Lipinski definition) is 5. The molecule has 1 amide bonds. The maximum Gasteiger partial charge on any atom is 0.248 e. The van der Waals surface area contributed by atoms with Crippen molar-refractivity contribution in [1.82, 2.24) is 14.5 Å². The van der Waals surface area contributed by atoms with Gasteiger partial charge >= 0.3 is 0 Å². The highest BCUT2D eigenvalue weighted by Crippen LogP contribution is 2.29. The van der Waals surface area contributed by atoms with Crippen LogP contribution in [-0.2, 0) is 6.54 Å². The van der Waals surface area contributed by atoms with Gasteiger partial charge in [0.05, 0.1) is 17.4 Å². The van der Waals surface area contributed by atoms with Crippen LogP contribution >= 0.6 is 0 Å². The van der Waals surface area contributed by atoms with E-state index in [9.17, 15) is 4.79 Å². The highest BCUT2D eigenvalue weighted by atomic mass is 16.1. The zero-order valence-electron chi connectivity index (χ0n) is 17.2. The van der Waals surface area contributed by atoms with Crippen LogP contribution in [0, 0.1) is 0 Å². The number of unbranched alkanes of at least 4 members (excludes halogenated alkanes) is 1. The van der Waals surface area contributed by atoms with E-state index < -0.39 is 5.91 Å². The number of anilines is 2. The van der Waals surface area contributed by atoms with E-state index in [1.54, 1.807) is 6.07 Å². The molecule has 0 saturated heterocycles. The molecule has 0 saturated carbocycles. The third kappa shape index (κ3) is 3.48. The number of nitrogens with two attached hydrogens (primary N) is 2. The molecule has 0 atom stereocenters. The fourth-order valence-corrected chi connectivity index (χ4v) is 4.31. The zero-order valence-corrected chi connectivity index (χ0v) is 17.2. The molecule has 3 heterocycles. The van der Waals surface area contributed by atoms with Crippen molar-refractivity contribution in [3.8, 4) is 0 Å². The van der Waals surface area contributed by atoms with E-state index in [0.717, 1.165) is 65.7 Å². The van der Waals surface area contributed by atoms with Gasteiger partial charge in [-0.25, -0.2) is 9.97 Å². The molecule has 1 aliphatic rings. The second-order valence-electron chi connectivity index (χ2n) is 7.84. The van der Waals surface area contributed by atoms with Gasteiger partial charge in [0, 0.05) is 36.3 Å². The molecule has 4 N–H and O–H groups in total. The molecule has 0 radical (unpaired) electrons. The van der Waals surface area contributed by atoms with Crippen molar-refractivity contribution in [2.45, 2.75) is 19.4 Å². The number of imidazole rings is 1. The van der Waals surface area contributed by atoms with Crippen molar-refractivity contribution < 1.29 is 4.79 Å². The average molecular weight is 412 g/mol. The number of primary amides is 1. The van der Waals surface area contributed by atoms with E-state index in [2.05, 4.69) is 37.7 Å². The summed E-state index contributed by atoms with van der Waals surface area (Å²) in [5, 5.41) is 1.07. The van der Waals surface area contributed by atoms with Crippen LogP contribution in [0.25, 0.3) is 28.0 Å². The smallest absolute Gasteiger partial charge is 0.248 e. The summed E-state index contributed by atoms with van der Waals surface area (Å²) >= 11 is 0. The summed E-state index contributed by atoms with van der Waals surface area (Å²) in [7, 11) is 0. The summed E-state index contributed by atoms with van der Waals surface area (Å²) in [5.41, 5.74) is 17.0. The third-order valence-corrected chi connectivity index (χ3v) is 5.83. The van der Waals surface area contributed by atoms with Crippen LogP contribution in [0.1, 0.15) is 28.8 Å². The third-order valence-electron chi connectivity index (χ3n) is 5.83. The first-order chi connectivity index (χ1) is 15.1. The molecule has 0 spiro atoms. The van der Waals surface area contributed by atoms with E-state index in [0.29, 0.717) is 11.4 Å². The number of aromatic nitrogens is 3. The molecule has 2 aromatic carbocycles. The second-order valence-corrected chi connectivity index (χ2v) is 7.84. The summed E-state index contributed by atoms with van der Waals surface area (Å²) in [4.78, 5) is 22.8. The molecule has 7 heteroatoms. The zero-order chi connectivity index (χ0) is 21.4. The second kappa shape index (κ2) is 7.75. The standard InChI is InChI=1S/C24H24N6O/c25-23-21-22(18-7-1-2-8-19(18)28-23)30(15-27-21)12-4-3-11-29-13-5-6-16-14-17(24(26)31)9-10-20(16)29/h1-2,5-10,14-15H,3-4,11-13H2,(H2,25,28)(H2,26,31). The topological polar surface area (TPSA) is 103 Å². The van der Waals surface area contributed by atoms with Crippen molar-refractivity contribution in [3.63, 3.8) is 0 Å². The van der Waals surface area contributed by atoms with Crippen LogP contribution in [0.3, 0.4) is 0 Å².